The van der Waals surface area contributed by atoms with E-state index in [9.17, 15) is 9.59 Å². The highest BCUT2D eigenvalue weighted by atomic mass is 32.1. The van der Waals surface area contributed by atoms with Crippen molar-refractivity contribution >= 4 is 34.0 Å². The number of benzene rings is 1. The number of aryl methyl sites for hydroxylation is 1. The van der Waals surface area contributed by atoms with Crippen LogP contribution in [0.5, 0.6) is 0 Å². The second-order valence-electron chi connectivity index (χ2n) is 6.29. The Morgan fingerprint density at radius 1 is 1.27 bits per heavy atom. The van der Waals surface area contributed by atoms with Crippen LogP contribution in [0.4, 0.5) is 10.5 Å². The summed E-state index contributed by atoms with van der Waals surface area (Å²) in [4.78, 5) is 27.0. The SMILES string of the molecule is Cc1cc(=O)oc2cc(NC(=O)NCC(c3cccs3)N(C)C)ccc12. The molecule has 0 bridgehead atoms. The van der Waals surface area contributed by atoms with Crippen molar-refractivity contribution in [2.45, 2.75) is 13.0 Å². The fourth-order valence-electron chi connectivity index (χ4n) is 2.79. The van der Waals surface area contributed by atoms with E-state index in [4.69, 9.17) is 4.42 Å². The third-order valence-corrected chi connectivity index (χ3v) is 5.13. The molecule has 0 radical (unpaired) electrons. The van der Waals surface area contributed by atoms with Gasteiger partial charge in [-0.05, 0) is 50.2 Å². The van der Waals surface area contributed by atoms with Crippen LogP contribution in [0.1, 0.15) is 16.5 Å². The molecular formula is C19H21N3O3S. The summed E-state index contributed by atoms with van der Waals surface area (Å²) >= 11 is 1.66. The van der Waals surface area contributed by atoms with Gasteiger partial charge in [0.25, 0.3) is 0 Å². The molecule has 2 aromatic heterocycles. The van der Waals surface area contributed by atoms with Gasteiger partial charge in [0, 0.05) is 34.6 Å². The molecule has 7 heteroatoms. The van der Waals surface area contributed by atoms with Crippen LogP contribution in [0, 0.1) is 6.92 Å². The van der Waals surface area contributed by atoms with Crippen molar-refractivity contribution < 1.29 is 9.21 Å². The van der Waals surface area contributed by atoms with Crippen molar-refractivity contribution in [2.24, 2.45) is 0 Å². The molecule has 0 saturated heterocycles. The molecule has 2 heterocycles. The second-order valence-corrected chi connectivity index (χ2v) is 7.27. The van der Waals surface area contributed by atoms with Crippen molar-refractivity contribution in [3.05, 3.63) is 62.6 Å². The lowest BCUT2D eigenvalue weighted by Gasteiger charge is -2.23. The van der Waals surface area contributed by atoms with E-state index in [2.05, 4.69) is 21.6 Å². The minimum Gasteiger partial charge on any atom is -0.423 e. The minimum absolute atomic E-state index is 0.109. The topological polar surface area (TPSA) is 74.6 Å². The Hall–Kier alpha value is -2.64. The molecule has 2 amide bonds. The second kappa shape index (κ2) is 7.72. The van der Waals surface area contributed by atoms with E-state index in [1.165, 1.54) is 10.9 Å². The summed E-state index contributed by atoms with van der Waals surface area (Å²) in [5.74, 6) is 0. The summed E-state index contributed by atoms with van der Waals surface area (Å²) in [6.07, 6.45) is 0. The predicted octanol–water partition coefficient (Wildman–Crippen LogP) is 3.59. The summed E-state index contributed by atoms with van der Waals surface area (Å²) in [5, 5.41) is 8.55. The predicted molar refractivity (Wildman–Crippen MR) is 105 cm³/mol. The van der Waals surface area contributed by atoms with Crippen LogP contribution >= 0.6 is 11.3 Å². The monoisotopic (exact) mass is 371 g/mol. The Labute approximate surface area is 155 Å². The number of urea groups is 1. The molecular weight excluding hydrogens is 350 g/mol. The molecule has 6 nitrogen and oxygen atoms in total. The van der Waals surface area contributed by atoms with E-state index in [-0.39, 0.29) is 12.1 Å². The lowest BCUT2D eigenvalue weighted by Crippen LogP contribution is -2.36. The summed E-state index contributed by atoms with van der Waals surface area (Å²) in [7, 11) is 3.97. The number of rotatable bonds is 5. The molecule has 26 heavy (non-hydrogen) atoms. The molecule has 0 fully saturated rings. The lowest BCUT2D eigenvalue weighted by atomic mass is 10.1. The van der Waals surface area contributed by atoms with E-state index in [0.29, 0.717) is 17.8 Å². The summed E-state index contributed by atoms with van der Waals surface area (Å²) < 4.78 is 5.21. The van der Waals surface area contributed by atoms with Crippen LogP contribution in [-0.2, 0) is 0 Å². The summed E-state index contributed by atoms with van der Waals surface area (Å²) in [6, 6.07) is 10.6. The minimum atomic E-state index is -0.402. The van der Waals surface area contributed by atoms with E-state index < -0.39 is 5.63 Å². The molecule has 3 aromatic rings. The zero-order valence-corrected chi connectivity index (χ0v) is 15.7. The van der Waals surface area contributed by atoms with Crippen molar-refractivity contribution in [3.8, 4) is 0 Å². The van der Waals surface area contributed by atoms with Crippen LogP contribution in [0.2, 0.25) is 0 Å². The van der Waals surface area contributed by atoms with Gasteiger partial charge in [0.05, 0.1) is 6.04 Å². The van der Waals surface area contributed by atoms with Crippen LogP contribution in [0.3, 0.4) is 0 Å². The summed E-state index contributed by atoms with van der Waals surface area (Å²) in [6.45, 7) is 2.34. The third kappa shape index (κ3) is 4.12. The molecule has 1 unspecified atom stereocenters. The molecule has 136 valence electrons. The van der Waals surface area contributed by atoms with Crippen LogP contribution < -0.4 is 16.3 Å². The molecule has 2 N–H and O–H groups in total. The molecule has 0 spiro atoms. The van der Waals surface area contributed by atoms with Gasteiger partial charge in [-0.3, -0.25) is 0 Å². The first-order valence-corrected chi connectivity index (χ1v) is 9.11. The van der Waals surface area contributed by atoms with Gasteiger partial charge in [0.2, 0.25) is 0 Å². The number of fused-ring (bicyclic) bond motifs is 1. The zero-order valence-electron chi connectivity index (χ0n) is 14.9. The van der Waals surface area contributed by atoms with E-state index in [1.54, 1.807) is 23.5 Å². The molecule has 0 aliphatic rings. The van der Waals surface area contributed by atoms with E-state index >= 15 is 0 Å². The maximum absolute atomic E-state index is 12.2. The Balaban J connectivity index is 1.68. The van der Waals surface area contributed by atoms with Crippen molar-refractivity contribution in [1.82, 2.24) is 10.2 Å². The number of carbonyl (C=O) groups is 1. The number of hydrogen-bond acceptors (Lipinski definition) is 5. The number of nitrogens with one attached hydrogen (secondary N) is 2. The Kier molecular flexibility index (Phi) is 5.39. The first-order chi connectivity index (χ1) is 12.4. The van der Waals surface area contributed by atoms with Crippen LogP contribution in [-0.4, -0.2) is 31.6 Å². The van der Waals surface area contributed by atoms with Crippen molar-refractivity contribution in [1.29, 1.82) is 0 Å². The Morgan fingerprint density at radius 3 is 2.77 bits per heavy atom. The normalized spacial score (nSPS) is 12.3. The van der Waals surface area contributed by atoms with Gasteiger partial charge in [0.15, 0.2) is 0 Å². The first kappa shape index (κ1) is 18.2. The third-order valence-electron chi connectivity index (χ3n) is 4.16. The van der Waals surface area contributed by atoms with Crippen LogP contribution in [0.15, 0.2) is 51.0 Å². The average molecular weight is 371 g/mol. The van der Waals surface area contributed by atoms with Gasteiger partial charge in [0.1, 0.15) is 5.58 Å². The molecule has 3 rings (SSSR count). The average Bonchev–Trinajstić information content (AvgIpc) is 3.08. The fraction of sp³-hybridized carbons (Fsp3) is 0.263. The number of amides is 2. The molecule has 1 aromatic carbocycles. The van der Waals surface area contributed by atoms with Gasteiger partial charge in [-0.25, -0.2) is 9.59 Å². The molecule has 0 aliphatic carbocycles. The van der Waals surface area contributed by atoms with Crippen molar-refractivity contribution in [3.63, 3.8) is 0 Å². The van der Waals surface area contributed by atoms with Gasteiger partial charge in [-0.15, -0.1) is 11.3 Å². The van der Waals surface area contributed by atoms with Crippen molar-refractivity contribution in [2.75, 3.05) is 26.0 Å². The van der Waals surface area contributed by atoms with Gasteiger partial charge >= 0.3 is 11.7 Å². The highest BCUT2D eigenvalue weighted by molar-refractivity contribution is 7.10. The molecule has 1 atom stereocenters. The first-order valence-electron chi connectivity index (χ1n) is 8.23. The smallest absolute Gasteiger partial charge is 0.336 e. The van der Waals surface area contributed by atoms with Gasteiger partial charge in [-0.1, -0.05) is 6.07 Å². The summed E-state index contributed by atoms with van der Waals surface area (Å²) in [5.41, 5.74) is 1.47. The number of carbonyl (C=O) groups excluding carboxylic acids is 1. The van der Waals surface area contributed by atoms with Gasteiger partial charge < -0.3 is 20.0 Å². The highest BCUT2D eigenvalue weighted by Crippen LogP contribution is 2.23. The number of nitrogens with zero attached hydrogens (tertiary/aromatic N) is 1. The fourth-order valence-corrected chi connectivity index (χ4v) is 3.71. The molecule has 0 saturated carbocycles. The number of anilines is 1. The zero-order chi connectivity index (χ0) is 18.7. The quantitative estimate of drug-likeness (QED) is 0.672. The maximum Gasteiger partial charge on any atom is 0.336 e. The van der Waals surface area contributed by atoms with E-state index in [0.717, 1.165) is 10.9 Å². The van der Waals surface area contributed by atoms with Gasteiger partial charge in [-0.2, -0.15) is 0 Å². The Bertz CT molecular complexity index is 964. The number of thiophene rings is 1. The lowest BCUT2D eigenvalue weighted by molar-refractivity contribution is 0.244. The largest absolute Gasteiger partial charge is 0.423 e. The molecule has 0 aliphatic heterocycles. The van der Waals surface area contributed by atoms with E-state index in [1.807, 2.05) is 38.5 Å². The highest BCUT2D eigenvalue weighted by Gasteiger charge is 2.16. The Morgan fingerprint density at radius 2 is 2.08 bits per heavy atom. The van der Waals surface area contributed by atoms with Crippen LogP contribution in [0.25, 0.3) is 11.0 Å². The maximum atomic E-state index is 12.2. The standard InChI is InChI=1S/C19H21N3O3S/c1-12-9-18(23)25-16-10-13(6-7-14(12)16)21-19(24)20-11-15(22(2)3)17-5-4-8-26-17/h4-10,15H,11H2,1-3H3,(H2,20,21,24). The number of hydrogen-bond donors (Lipinski definition) is 2. The number of likely N-dealkylation sites (N-methyl/N-ethyl adjacent to an activating group) is 1.